The first-order valence-electron chi connectivity index (χ1n) is 5.35. The first kappa shape index (κ1) is 10.6. The molecular formula is C12H15F2N. The molecule has 1 fully saturated rings. The van der Waals surface area contributed by atoms with Crippen molar-refractivity contribution in [2.24, 2.45) is 0 Å². The van der Waals surface area contributed by atoms with E-state index in [1.807, 2.05) is 0 Å². The van der Waals surface area contributed by atoms with E-state index in [2.05, 4.69) is 11.8 Å². The fourth-order valence-corrected chi connectivity index (χ4v) is 2.10. The molecule has 1 saturated heterocycles. The van der Waals surface area contributed by atoms with Gasteiger partial charge in [-0.2, -0.15) is 0 Å². The van der Waals surface area contributed by atoms with E-state index in [1.165, 1.54) is 25.0 Å². The molecule has 1 heterocycles. The monoisotopic (exact) mass is 211 g/mol. The van der Waals surface area contributed by atoms with E-state index >= 15 is 0 Å². The predicted octanol–water partition coefficient (Wildman–Crippen LogP) is 2.95. The van der Waals surface area contributed by atoms with Crippen LogP contribution in [0.25, 0.3) is 0 Å². The molecule has 0 amide bonds. The van der Waals surface area contributed by atoms with Crippen molar-refractivity contribution >= 4 is 0 Å². The highest BCUT2D eigenvalue weighted by Gasteiger charge is 2.20. The first-order valence-corrected chi connectivity index (χ1v) is 5.35. The molecule has 1 aliphatic rings. The summed E-state index contributed by atoms with van der Waals surface area (Å²) >= 11 is 0. The molecule has 1 aliphatic heterocycles. The zero-order valence-electron chi connectivity index (χ0n) is 8.84. The Morgan fingerprint density at radius 3 is 2.73 bits per heavy atom. The maximum Gasteiger partial charge on any atom is 0.159 e. The average molecular weight is 211 g/mol. The van der Waals surface area contributed by atoms with Crippen molar-refractivity contribution in [3.8, 4) is 0 Å². The number of likely N-dealkylation sites (tertiary alicyclic amines) is 1. The quantitative estimate of drug-likeness (QED) is 0.727. The van der Waals surface area contributed by atoms with Crippen LogP contribution < -0.4 is 0 Å². The molecule has 0 aromatic heterocycles. The highest BCUT2D eigenvalue weighted by Crippen LogP contribution is 2.20. The van der Waals surface area contributed by atoms with Crippen LogP contribution in [0.5, 0.6) is 0 Å². The summed E-state index contributed by atoms with van der Waals surface area (Å²) in [4.78, 5) is 2.30. The van der Waals surface area contributed by atoms with Gasteiger partial charge in [0.25, 0.3) is 0 Å². The molecule has 1 aromatic rings. The number of hydrogen-bond donors (Lipinski definition) is 0. The Morgan fingerprint density at radius 1 is 1.33 bits per heavy atom. The van der Waals surface area contributed by atoms with Gasteiger partial charge in [-0.05, 0) is 44.0 Å². The molecule has 1 aromatic carbocycles. The normalized spacial score (nSPS) is 22.2. The van der Waals surface area contributed by atoms with Crippen LogP contribution in [0.1, 0.15) is 25.3 Å². The summed E-state index contributed by atoms with van der Waals surface area (Å²) in [5, 5.41) is 0. The standard InChI is InChI=1S/C12H15F2N/c1-9-3-2-6-15(9)8-10-4-5-11(13)12(14)7-10/h4-5,7,9H,2-3,6,8H2,1H3. The van der Waals surface area contributed by atoms with E-state index in [0.29, 0.717) is 6.04 Å². The second-order valence-electron chi connectivity index (χ2n) is 4.21. The third kappa shape index (κ3) is 2.34. The first-order chi connectivity index (χ1) is 7.16. The molecule has 2 rings (SSSR count). The zero-order chi connectivity index (χ0) is 10.8. The number of halogens is 2. The van der Waals surface area contributed by atoms with E-state index in [9.17, 15) is 8.78 Å². The molecule has 0 bridgehead atoms. The van der Waals surface area contributed by atoms with Crippen LogP contribution in [0, 0.1) is 11.6 Å². The SMILES string of the molecule is CC1CCCN1Cc1ccc(F)c(F)c1. The molecular weight excluding hydrogens is 196 g/mol. The second kappa shape index (κ2) is 4.27. The lowest BCUT2D eigenvalue weighted by molar-refractivity contribution is 0.260. The third-order valence-corrected chi connectivity index (χ3v) is 3.06. The smallest absolute Gasteiger partial charge is 0.159 e. The Labute approximate surface area is 88.7 Å². The molecule has 0 aliphatic carbocycles. The summed E-state index contributed by atoms with van der Waals surface area (Å²) in [6.07, 6.45) is 2.40. The molecule has 0 N–H and O–H groups in total. The van der Waals surface area contributed by atoms with Gasteiger partial charge in [0.1, 0.15) is 0 Å². The van der Waals surface area contributed by atoms with Gasteiger partial charge in [0.2, 0.25) is 0 Å². The molecule has 1 atom stereocenters. The molecule has 3 heteroatoms. The number of nitrogens with zero attached hydrogens (tertiary/aromatic N) is 1. The van der Waals surface area contributed by atoms with Crippen molar-refractivity contribution in [1.29, 1.82) is 0 Å². The summed E-state index contributed by atoms with van der Waals surface area (Å²) in [6.45, 7) is 3.95. The van der Waals surface area contributed by atoms with Gasteiger partial charge < -0.3 is 0 Å². The van der Waals surface area contributed by atoms with Crippen LogP contribution >= 0.6 is 0 Å². The molecule has 0 spiro atoms. The van der Waals surface area contributed by atoms with Gasteiger partial charge in [-0.3, -0.25) is 4.90 Å². The van der Waals surface area contributed by atoms with Crippen LogP contribution in [0.4, 0.5) is 8.78 Å². The second-order valence-corrected chi connectivity index (χ2v) is 4.21. The van der Waals surface area contributed by atoms with Crippen molar-refractivity contribution in [3.05, 3.63) is 35.4 Å². The van der Waals surface area contributed by atoms with Crippen LogP contribution in [0.2, 0.25) is 0 Å². The Bertz CT molecular complexity index is 351. The predicted molar refractivity (Wildman–Crippen MR) is 55.5 cm³/mol. The van der Waals surface area contributed by atoms with Gasteiger partial charge in [-0.25, -0.2) is 8.78 Å². The lowest BCUT2D eigenvalue weighted by Crippen LogP contribution is -2.26. The molecule has 0 radical (unpaired) electrons. The van der Waals surface area contributed by atoms with Gasteiger partial charge >= 0.3 is 0 Å². The lowest BCUT2D eigenvalue weighted by atomic mass is 10.2. The van der Waals surface area contributed by atoms with Gasteiger partial charge in [0.15, 0.2) is 11.6 Å². The fraction of sp³-hybridized carbons (Fsp3) is 0.500. The Hall–Kier alpha value is -0.960. The van der Waals surface area contributed by atoms with Crippen molar-refractivity contribution in [1.82, 2.24) is 4.90 Å². The lowest BCUT2D eigenvalue weighted by Gasteiger charge is -2.20. The minimum absolute atomic E-state index is 0.554. The molecule has 15 heavy (non-hydrogen) atoms. The maximum absolute atomic E-state index is 13.0. The highest BCUT2D eigenvalue weighted by molar-refractivity contribution is 5.17. The van der Waals surface area contributed by atoms with E-state index < -0.39 is 11.6 Å². The van der Waals surface area contributed by atoms with Gasteiger partial charge in [-0.15, -0.1) is 0 Å². The minimum Gasteiger partial charge on any atom is -0.296 e. The van der Waals surface area contributed by atoms with Crippen LogP contribution in [0.15, 0.2) is 18.2 Å². The highest BCUT2D eigenvalue weighted by atomic mass is 19.2. The topological polar surface area (TPSA) is 3.24 Å². The average Bonchev–Trinajstić information content (AvgIpc) is 2.59. The van der Waals surface area contributed by atoms with E-state index in [4.69, 9.17) is 0 Å². The van der Waals surface area contributed by atoms with E-state index in [-0.39, 0.29) is 0 Å². The van der Waals surface area contributed by atoms with Crippen molar-refractivity contribution in [2.45, 2.75) is 32.4 Å². The Balaban J connectivity index is 2.07. The zero-order valence-corrected chi connectivity index (χ0v) is 8.84. The van der Waals surface area contributed by atoms with Gasteiger partial charge in [0.05, 0.1) is 0 Å². The Morgan fingerprint density at radius 2 is 2.13 bits per heavy atom. The van der Waals surface area contributed by atoms with E-state index in [0.717, 1.165) is 18.7 Å². The van der Waals surface area contributed by atoms with Crippen molar-refractivity contribution in [2.75, 3.05) is 6.54 Å². The molecule has 1 unspecified atom stereocenters. The van der Waals surface area contributed by atoms with Crippen LogP contribution in [-0.4, -0.2) is 17.5 Å². The van der Waals surface area contributed by atoms with Gasteiger partial charge in [-0.1, -0.05) is 6.07 Å². The Kier molecular flexibility index (Phi) is 3.00. The summed E-state index contributed by atoms with van der Waals surface area (Å²) in [6, 6.07) is 4.70. The molecule has 1 nitrogen and oxygen atoms in total. The van der Waals surface area contributed by atoms with Crippen molar-refractivity contribution in [3.63, 3.8) is 0 Å². The summed E-state index contributed by atoms with van der Waals surface area (Å²) < 4.78 is 25.7. The number of hydrogen-bond acceptors (Lipinski definition) is 1. The fourth-order valence-electron chi connectivity index (χ4n) is 2.10. The summed E-state index contributed by atoms with van der Waals surface area (Å²) in [5.41, 5.74) is 0.850. The van der Waals surface area contributed by atoms with Crippen LogP contribution in [-0.2, 0) is 6.54 Å². The number of rotatable bonds is 2. The van der Waals surface area contributed by atoms with E-state index in [1.54, 1.807) is 6.07 Å². The molecule has 82 valence electrons. The minimum atomic E-state index is -0.770. The largest absolute Gasteiger partial charge is 0.296 e. The summed E-state index contributed by atoms with van der Waals surface area (Å²) in [5.74, 6) is -1.52. The molecule has 0 saturated carbocycles. The summed E-state index contributed by atoms with van der Waals surface area (Å²) in [7, 11) is 0. The van der Waals surface area contributed by atoms with Gasteiger partial charge in [0, 0.05) is 12.6 Å². The van der Waals surface area contributed by atoms with Crippen LogP contribution in [0.3, 0.4) is 0 Å². The number of benzene rings is 1. The maximum atomic E-state index is 13.0. The third-order valence-electron chi connectivity index (χ3n) is 3.06. The van der Waals surface area contributed by atoms with Crippen molar-refractivity contribution < 1.29 is 8.78 Å².